The standard InChI is InChI=1S/C26H25N7O3/c1-4-7-22(34)29-15-16-10-11-21(36-3)20(14-16)31-26-32-23-18(12-13-28-23)24(33-26)30-19-9-6-5-8-17(19)25(35)27-2/h5-6,8-14H,15H2,1-3H3,(H,27,35)(H,29,34)(H3,28,30,31,32,33). The van der Waals surface area contributed by atoms with Gasteiger partial charge in [-0.1, -0.05) is 24.1 Å². The Balaban J connectivity index is 1.66. The molecule has 0 bridgehead atoms. The third-order valence-electron chi connectivity index (χ3n) is 5.27. The van der Waals surface area contributed by atoms with Crippen molar-refractivity contribution in [3.05, 3.63) is 65.9 Å². The van der Waals surface area contributed by atoms with Crippen LogP contribution in [-0.2, 0) is 11.3 Å². The molecule has 2 aromatic heterocycles. The van der Waals surface area contributed by atoms with Crippen LogP contribution in [0, 0.1) is 11.8 Å². The monoisotopic (exact) mass is 483 g/mol. The van der Waals surface area contributed by atoms with Gasteiger partial charge in [0.25, 0.3) is 11.8 Å². The van der Waals surface area contributed by atoms with Crippen molar-refractivity contribution >= 4 is 46.0 Å². The number of para-hydroxylation sites is 1. The Kier molecular flexibility index (Phi) is 7.31. The number of H-pyrrole nitrogens is 1. The maximum atomic E-state index is 12.3. The normalized spacial score (nSPS) is 10.2. The highest BCUT2D eigenvalue weighted by molar-refractivity contribution is 6.01. The van der Waals surface area contributed by atoms with E-state index in [1.54, 1.807) is 45.5 Å². The van der Waals surface area contributed by atoms with E-state index in [1.165, 1.54) is 0 Å². The summed E-state index contributed by atoms with van der Waals surface area (Å²) in [6.45, 7) is 1.90. The molecule has 36 heavy (non-hydrogen) atoms. The van der Waals surface area contributed by atoms with Gasteiger partial charge in [0.1, 0.15) is 17.2 Å². The molecule has 0 aliphatic rings. The second kappa shape index (κ2) is 10.9. The predicted molar refractivity (Wildman–Crippen MR) is 139 cm³/mol. The van der Waals surface area contributed by atoms with Crippen LogP contribution in [0.4, 0.5) is 23.1 Å². The smallest absolute Gasteiger partial charge is 0.296 e. The lowest BCUT2D eigenvalue weighted by atomic mass is 10.1. The fraction of sp³-hybridized carbons (Fsp3) is 0.154. The number of ether oxygens (including phenoxy) is 1. The van der Waals surface area contributed by atoms with E-state index in [0.717, 1.165) is 10.9 Å². The van der Waals surface area contributed by atoms with Crippen LogP contribution in [0.25, 0.3) is 11.0 Å². The van der Waals surface area contributed by atoms with Gasteiger partial charge in [0.05, 0.1) is 29.4 Å². The minimum absolute atomic E-state index is 0.214. The number of methoxy groups -OCH3 is 1. The summed E-state index contributed by atoms with van der Waals surface area (Å²) in [5.41, 5.74) is 3.15. The molecule has 0 unspecified atom stereocenters. The van der Waals surface area contributed by atoms with Gasteiger partial charge in [0, 0.05) is 19.8 Å². The average Bonchev–Trinajstić information content (AvgIpc) is 3.37. The molecule has 5 N–H and O–H groups in total. The van der Waals surface area contributed by atoms with E-state index in [1.807, 2.05) is 30.3 Å². The molecule has 0 radical (unpaired) electrons. The third-order valence-corrected chi connectivity index (χ3v) is 5.27. The molecule has 0 saturated heterocycles. The minimum atomic E-state index is -0.351. The number of aromatic nitrogens is 3. The Morgan fingerprint density at radius 3 is 2.67 bits per heavy atom. The van der Waals surface area contributed by atoms with Gasteiger partial charge in [-0.05, 0) is 48.7 Å². The number of benzene rings is 2. The molecule has 0 aliphatic carbocycles. The van der Waals surface area contributed by atoms with Gasteiger partial charge in [0.2, 0.25) is 5.95 Å². The molecule has 10 heteroatoms. The number of aromatic amines is 1. The van der Waals surface area contributed by atoms with E-state index >= 15 is 0 Å². The Morgan fingerprint density at radius 2 is 1.89 bits per heavy atom. The molecule has 10 nitrogen and oxygen atoms in total. The molecule has 0 aliphatic heterocycles. The van der Waals surface area contributed by atoms with Crippen molar-refractivity contribution in [2.24, 2.45) is 0 Å². The first-order chi connectivity index (χ1) is 17.5. The van der Waals surface area contributed by atoms with Gasteiger partial charge in [0.15, 0.2) is 0 Å². The molecular weight excluding hydrogens is 458 g/mol. The van der Waals surface area contributed by atoms with Crippen LogP contribution in [0.1, 0.15) is 22.8 Å². The number of rotatable bonds is 8. The van der Waals surface area contributed by atoms with Crippen LogP contribution in [0.3, 0.4) is 0 Å². The third kappa shape index (κ3) is 5.37. The summed E-state index contributed by atoms with van der Waals surface area (Å²) >= 11 is 0. The first-order valence-electron chi connectivity index (χ1n) is 11.1. The summed E-state index contributed by atoms with van der Waals surface area (Å²) < 4.78 is 5.49. The van der Waals surface area contributed by atoms with Crippen LogP contribution in [-0.4, -0.2) is 40.9 Å². The second-order valence-electron chi connectivity index (χ2n) is 7.60. The van der Waals surface area contributed by atoms with Crippen molar-refractivity contribution in [2.45, 2.75) is 13.5 Å². The Bertz CT molecular complexity index is 1480. The zero-order valence-corrected chi connectivity index (χ0v) is 20.0. The van der Waals surface area contributed by atoms with Crippen LogP contribution in [0.2, 0.25) is 0 Å². The van der Waals surface area contributed by atoms with Crippen molar-refractivity contribution in [1.29, 1.82) is 0 Å². The molecule has 2 aromatic carbocycles. The van der Waals surface area contributed by atoms with Crippen LogP contribution < -0.4 is 26.0 Å². The average molecular weight is 484 g/mol. The van der Waals surface area contributed by atoms with E-state index < -0.39 is 0 Å². The molecule has 0 spiro atoms. The predicted octanol–water partition coefficient (Wildman–Crippen LogP) is 3.45. The Hall–Kier alpha value is -5.04. The lowest BCUT2D eigenvalue weighted by Crippen LogP contribution is -2.20. The van der Waals surface area contributed by atoms with Gasteiger partial charge < -0.3 is 31.0 Å². The zero-order chi connectivity index (χ0) is 25.5. The molecule has 4 aromatic rings. The summed E-state index contributed by atoms with van der Waals surface area (Å²) in [4.78, 5) is 36.4. The molecule has 2 heterocycles. The molecule has 182 valence electrons. The fourth-order valence-corrected chi connectivity index (χ4v) is 3.57. The number of fused-ring (bicyclic) bond motifs is 1. The fourth-order valence-electron chi connectivity index (χ4n) is 3.57. The summed E-state index contributed by atoms with van der Waals surface area (Å²) in [6, 6.07) is 14.5. The minimum Gasteiger partial charge on any atom is -0.495 e. The molecule has 0 atom stereocenters. The number of anilines is 4. The zero-order valence-electron chi connectivity index (χ0n) is 20.0. The first kappa shape index (κ1) is 24.1. The van der Waals surface area contributed by atoms with Crippen LogP contribution >= 0.6 is 0 Å². The van der Waals surface area contributed by atoms with Gasteiger partial charge in [-0.2, -0.15) is 9.97 Å². The lowest BCUT2D eigenvalue weighted by Gasteiger charge is -2.15. The van der Waals surface area contributed by atoms with E-state index in [0.29, 0.717) is 46.6 Å². The quantitative estimate of drug-likeness (QED) is 0.242. The molecular formula is C26H25N7O3. The summed E-state index contributed by atoms with van der Waals surface area (Å²) in [6.07, 6.45) is 1.77. The summed E-state index contributed by atoms with van der Waals surface area (Å²) in [5, 5.41) is 12.6. The highest BCUT2D eigenvalue weighted by Gasteiger charge is 2.15. The summed E-state index contributed by atoms with van der Waals surface area (Å²) in [7, 11) is 3.15. The van der Waals surface area contributed by atoms with E-state index in [-0.39, 0.29) is 11.8 Å². The van der Waals surface area contributed by atoms with Crippen molar-refractivity contribution in [2.75, 3.05) is 24.8 Å². The number of hydrogen-bond acceptors (Lipinski definition) is 7. The first-order valence-corrected chi connectivity index (χ1v) is 11.1. The Labute approximate surface area is 207 Å². The topological polar surface area (TPSA) is 133 Å². The number of nitrogens with zero attached hydrogens (tertiary/aromatic N) is 2. The number of nitrogens with one attached hydrogen (secondary N) is 5. The van der Waals surface area contributed by atoms with Gasteiger partial charge in [-0.3, -0.25) is 9.59 Å². The highest BCUT2D eigenvalue weighted by Crippen LogP contribution is 2.31. The van der Waals surface area contributed by atoms with E-state index in [2.05, 4.69) is 48.1 Å². The number of hydrogen-bond donors (Lipinski definition) is 5. The van der Waals surface area contributed by atoms with E-state index in [9.17, 15) is 9.59 Å². The van der Waals surface area contributed by atoms with Crippen molar-refractivity contribution in [3.63, 3.8) is 0 Å². The SMILES string of the molecule is CC#CC(=O)NCc1ccc(OC)c(Nc2nc(Nc3ccccc3C(=O)NC)c3cc[nH]c3n2)c1. The molecule has 2 amide bonds. The highest BCUT2D eigenvalue weighted by atomic mass is 16.5. The van der Waals surface area contributed by atoms with Crippen molar-refractivity contribution < 1.29 is 14.3 Å². The number of amides is 2. The number of carbonyl (C=O) groups is 2. The lowest BCUT2D eigenvalue weighted by molar-refractivity contribution is -0.115. The second-order valence-corrected chi connectivity index (χ2v) is 7.60. The number of carbonyl (C=O) groups excluding carboxylic acids is 2. The van der Waals surface area contributed by atoms with Crippen LogP contribution in [0.5, 0.6) is 5.75 Å². The van der Waals surface area contributed by atoms with Gasteiger partial charge in [-0.15, -0.1) is 0 Å². The van der Waals surface area contributed by atoms with Crippen LogP contribution in [0.15, 0.2) is 54.7 Å². The molecule has 0 fully saturated rings. The van der Waals surface area contributed by atoms with E-state index in [4.69, 9.17) is 4.74 Å². The van der Waals surface area contributed by atoms with Gasteiger partial charge in [-0.25, -0.2) is 0 Å². The van der Waals surface area contributed by atoms with Crippen molar-refractivity contribution in [3.8, 4) is 17.6 Å². The molecule has 4 rings (SSSR count). The largest absolute Gasteiger partial charge is 0.495 e. The maximum absolute atomic E-state index is 12.3. The summed E-state index contributed by atoms with van der Waals surface area (Å²) in [5.74, 6) is 5.86. The van der Waals surface area contributed by atoms with Crippen molar-refractivity contribution in [1.82, 2.24) is 25.6 Å². The Morgan fingerprint density at radius 1 is 1.06 bits per heavy atom. The maximum Gasteiger partial charge on any atom is 0.296 e. The van der Waals surface area contributed by atoms with Gasteiger partial charge >= 0.3 is 0 Å². The molecule has 0 saturated carbocycles.